The summed E-state index contributed by atoms with van der Waals surface area (Å²) < 4.78 is 0. The molecule has 0 unspecified atom stereocenters. The van der Waals surface area contributed by atoms with E-state index < -0.39 is 0 Å². The fourth-order valence-electron chi connectivity index (χ4n) is 3.19. The first-order valence-electron chi connectivity index (χ1n) is 7.97. The van der Waals surface area contributed by atoms with Gasteiger partial charge in [-0.05, 0) is 45.5 Å². The molecule has 0 spiro atoms. The molecule has 0 amide bonds. The molecular formula is C23H18. The Morgan fingerprint density at radius 1 is 0.435 bits per heavy atom. The Labute approximate surface area is 137 Å². The molecule has 4 aromatic carbocycles. The molecule has 0 saturated heterocycles. The highest BCUT2D eigenvalue weighted by atomic mass is 14.1. The van der Waals surface area contributed by atoms with Gasteiger partial charge in [0.2, 0.25) is 0 Å². The van der Waals surface area contributed by atoms with E-state index in [0.29, 0.717) is 0 Å². The van der Waals surface area contributed by atoms with Crippen molar-refractivity contribution in [2.45, 2.75) is 6.92 Å². The maximum atomic E-state index is 2.22. The van der Waals surface area contributed by atoms with Gasteiger partial charge in [-0.1, -0.05) is 91.0 Å². The molecule has 0 heteroatoms. The zero-order chi connectivity index (χ0) is 15.6. The molecule has 0 heterocycles. The van der Waals surface area contributed by atoms with Gasteiger partial charge in [0.1, 0.15) is 0 Å². The largest absolute Gasteiger partial charge is 0.0622 e. The van der Waals surface area contributed by atoms with E-state index in [1.54, 1.807) is 0 Å². The molecule has 110 valence electrons. The second-order valence-corrected chi connectivity index (χ2v) is 5.92. The summed E-state index contributed by atoms with van der Waals surface area (Å²) in [6.45, 7) is 2.17. The van der Waals surface area contributed by atoms with Crippen LogP contribution >= 0.6 is 0 Å². The van der Waals surface area contributed by atoms with E-state index in [-0.39, 0.29) is 0 Å². The van der Waals surface area contributed by atoms with Crippen molar-refractivity contribution in [3.8, 4) is 22.3 Å². The van der Waals surface area contributed by atoms with E-state index in [9.17, 15) is 0 Å². The maximum absolute atomic E-state index is 2.22. The van der Waals surface area contributed by atoms with E-state index in [4.69, 9.17) is 0 Å². The lowest BCUT2D eigenvalue weighted by molar-refractivity contribution is 1.53. The molecule has 0 aliphatic heterocycles. The van der Waals surface area contributed by atoms with Crippen LogP contribution in [0.25, 0.3) is 33.0 Å². The van der Waals surface area contributed by atoms with Gasteiger partial charge in [0, 0.05) is 0 Å². The Morgan fingerprint density at radius 2 is 1.04 bits per heavy atom. The highest BCUT2D eigenvalue weighted by molar-refractivity contribution is 5.98. The third kappa shape index (κ3) is 2.53. The van der Waals surface area contributed by atoms with Crippen molar-refractivity contribution in [3.05, 3.63) is 96.6 Å². The third-order valence-corrected chi connectivity index (χ3v) is 4.44. The molecule has 0 N–H and O–H groups in total. The van der Waals surface area contributed by atoms with Crippen LogP contribution in [0.2, 0.25) is 0 Å². The maximum Gasteiger partial charge on any atom is -0.0103 e. The van der Waals surface area contributed by atoms with E-state index in [2.05, 4.69) is 97.9 Å². The summed E-state index contributed by atoms with van der Waals surface area (Å²) in [5.74, 6) is 0. The van der Waals surface area contributed by atoms with Gasteiger partial charge in [0.25, 0.3) is 0 Å². The first kappa shape index (κ1) is 13.8. The molecule has 0 aliphatic rings. The monoisotopic (exact) mass is 294 g/mol. The minimum Gasteiger partial charge on any atom is -0.0622 e. The standard InChI is InChI=1S/C23H18/c1-17-7-5-12-23-21(17)10-6-11-22(23)20-15-13-19(14-16-20)18-8-3-2-4-9-18/h2-16H,1H3. The van der Waals surface area contributed by atoms with Crippen LogP contribution in [0.15, 0.2) is 91.0 Å². The topological polar surface area (TPSA) is 0 Å². The summed E-state index contributed by atoms with van der Waals surface area (Å²) in [5.41, 5.74) is 6.40. The van der Waals surface area contributed by atoms with Crippen LogP contribution in [0.4, 0.5) is 0 Å². The van der Waals surface area contributed by atoms with Crippen molar-refractivity contribution in [3.63, 3.8) is 0 Å². The van der Waals surface area contributed by atoms with Gasteiger partial charge in [-0.15, -0.1) is 0 Å². The predicted molar refractivity (Wildman–Crippen MR) is 99.6 cm³/mol. The highest BCUT2D eigenvalue weighted by Crippen LogP contribution is 2.31. The van der Waals surface area contributed by atoms with Gasteiger partial charge < -0.3 is 0 Å². The number of fused-ring (bicyclic) bond motifs is 1. The first-order valence-corrected chi connectivity index (χ1v) is 7.97. The molecule has 23 heavy (non-hydrogen) atoms. The lowest BCUT2D eigenvalue weighted by Crippen LogP contribution is -1.84. The molecular weight excluding hydrogens is 276 g/mol. The summed E-state index contributed by atoms with van der Waals surface area (Å²) in [7, 11) is 0. The van der Waals surface area contributed by atoms with Crippen LogP contribution in [0.1, 0.15) is 5.56 Å². The fourth-order valence-corrected chi connectivity index (χ4v) is 3.19. The van der Waals surface area contributed by atoms with Crippen LogP contribution in [-0.2, 0) is 0 Å². The van der Waals surface area contributed by atoms with Gasteiger partial charge >= 0.3 is 0 Å². The predicted octanol–water partition coefficient (Wildman–Crippen LogP) is 6.48. The zero-order valence-corrected chi connectivity index (χ0v) is 13.2. The number of hydrogen-bond acceptors (Lipinski definition) is 0. The minimum atomic E-state index is 1.26. The van der Waals surface area contributed by atoms with Gasteiger partial charge in [0.15, 0.2) is 0 Å². The summed E-state index contributed by atoms with van der Waals surface area (Å²) in [4.78, 5) is 0. The minimum absolute atomic E-state index is 1.26. The van der Waals surface area contributed by atoms with Crippen LogP contribution in [0.3, 0.4) is 0 Å². The van der Waals surface area contributed by atoms with Crippen molar-refractivity contribution in [2.75, 3.05) is 0 Å². The van der Waals surface area contributed by atoms with Gasteiger partial charge in [-0.2, -0.15) is 0 Å². The van der Waals surface area contributed by atoms with Gasteiger partial charge in [-0.3, -0.25) is 0 Å². The van der Waals surface area contributed by atoms with E-state index >= 15 is 0 Å². The van der Waals surface area contributed by atoms with Crippen molar-refractivity contribution < 1.29 is 0 Å². The van der Waals surface area contributed by atoms with Crippen molar-refractivity contribution >= 4 is 10.8 Å². The Hall–Kier alpha value is -2.86. The van der Waals surface area contributed by atoms with E-state index in [1.165, 1.54) is 38.6 Å². The first-order chi connectivity index (χ1) is 11.3. The SMILES string of the molecule is Cc1cccc2c(-c3ccc(-c4ccccc4)cc3)cccc12. The van der Waals surface area contributed by atoms with Crippen molar-refractivity contribution in [1.82, 2.24) is 0 Å². The quantitative estimate of drug-likeness (QED) is 0.397. The number of hydrogen-bond donors (Lipinski definition) is 0. The molecule has 0 nitrogen and oxygen atoms in total. The van der Waals surface area contributed by atoms with Crippen LogP contribution < -0.4 is 0 Å². The van der Waals surface area contributed by atoms with Crippen LogP contribution in [0.5, 0.6) is 0 Å². The van der Waals surface area contributed by atoms with E-state index in [1.807, 2.05) is 0 Å². The van der Waals surface area contributed by atoms with Crippen LogP contribution in [0, 0.1) is 6.92 Å². The lowest BCUT2D eigenvalue weighted by Gasteiger charge is -2.10. The van der Waals surface area contributed by atoms with Gasteiger partial charge in [0.05, 0.1) is 0 Å². The Balaban J connectivity index is 1.82. The van der Waals surface area contributed by atoms with Gasteiger partial charge in [-0.25, -0.2) is 0 Å². The highest BCUT2D eigenvalue weighted by Gasteiger charge is 2.05. The lowest BCUT2D eigenvalue weighted by atomic mass is 9.95. The Kier molecular flexibility index (Phi) is 3.44. The van der Waals surface area contributed by atoms with Crippen LogP contribution in [-0.4, -0.2) is 0 Å². The molecule has 4 aromatic rings. The smallest absolute Gasteiger partial charge is 0.0103 e. The second kappa shape index (κ2) is 5.73. The molecule has 0 aliphatic carbocycles. The molecule has 0 aromatic heterocycles. The summed E-state index contributed by atoms with van der Waals surface area (Å²) in [5, 5.41) is 2.65. The third-order valence-electron chi connectivity index (χ3n) is 4.44. The zero-order valence-electron chi connectivity index (χ0n) is 13.2. The molecule has 0 atom stereocenters. The average molecular weight is 294 g/mol. The molecule has 0 fully saturated rings. The number of rotatable bonds is 2. The fraction of sp³-hybridized carbons (Fsp3) is 0.0435. The van der Waals surface area contributed by atoms with E-state index in [0.717, 1.165) is 0 Å². The number of aryl methyl sites for hydroxylation is 1. The van der Waals surface area contributed by atoms with Crippen molar-refractivity contribution in [2.24, 2.45) is 0 Å². The average Bonchev–Trinajstić information content (AvgIpc) is 2.63. The summed E-state index contributed by atoms with van der Waals surface area (Å²) in [6, 6.07) is 32.4. The Morgan fingerprint density at radius 3 is 1.83 bits per heavy atom. The second-order valence-electron chi connectivity index (χ2n) is 5.92. The summed E-state index contributed by atoms with van der Waals surface area (Å²) in [6.07, 6.45) is 0. The normalized spacial score (nSPS) is 10.8. The van der Waals surface area contributed by atoms with Crippen molar-refractivity contribution in [1.29, 1.82) is 0 Å². The molecule has 0 bridgehead atoms. The molecule has 0 saturated carbocycles. The summed E-state index contributed by atoms with van der Waals surface area (Å²) >= 11 is 0. The Bertz CT molecular complexity index is 948. The molecule has 0 radical (unpaired) electrons. The number of benzene rings is 4. The molecule has 4 rings (SSSR count).